The monoisotopic (exact) mass is 208 g/mol. The van der Waals surface area contributed by atoms with Crippen molar-refractivity contribution in [2.45, 2.75) is 58.4 Å². The lowest BCUT2D eigenvalue weighted by Gasteiger charge is -2.45. The van der Waals surface area contributed by atoms with E-state index in [2.05, 4.69) is 31.7 Å². The van der Waals surface area contributed by atoms with Gasteiger partial charge in [-0.1, -0.05) is 19.8 Å². The molecule has 86 valence electrons. The summed E-state index contributed by atoms with van der Waals surface area (Å²) in [4.78, 5) is 2.51. The van der Waals surface area contributed by atoms with Crippen LogP contribution in [0.1, 0.15) is 52.9 Å². The molecule has 2 nitrogen and oxygen atoms in total. The zero-order valence-corrected chi connectivity index (χ0v) is 10.4. The topological polar surface area (TPSA) is 27.0 Å². The maximum absolute atomic E-state index is 9.14. The minimum Gasteiger partial charge on any atom is -0.297 e. The number of hydrogen-bond acceptors (Lipinski definition) is 2. The summed E-state index contributed by atoms with van der Waals surface area (Å²) in [7, 11) is 0. The average Bonchev–Trinajstić information content (AvgIpc) is 2.20. The molecule has 1 saturated heterocycles. The molecule has 1 aliphatic rings. The van der Waals surface area contributed by atoms with Crippen molar-refractivity contribution in [1.29, 1.82) is 5.26 Å². The van der Waals surface area contributed by atoms with Gasteiger partial charge < -0.3 is 0 Å². The number of nitrogens with zero attached hydrogens (tertiary/aromatic N) is 2. The van der Waals surface area contributed by atoms with Gasteiger partial charge >= 0.3 is 0 Å². The predicted octanol–water partition coefficient (Wildman–Crippen LogP) is 3.19. The standard InChI is InChI=1S/C13H24N2/c1-4-5-6-9-15-10-7-8-12(11-14)13(15,2)3/h12H,4-10H2,1-3H3. The molecule has 0 saturated carbocycles. The molecule has 0 aromatic carbocycles. The van der Waals surface area contributed by atoms with Crippen molar-refractivity contribution in [3.05, 3.63) is 0 Å². The molecule has 1 aliphatic heterocycles. The van der Waals surface area contributed by atoms with Crippen LogP contribution in [0.5, 0.6) is 0 Å². The lowest BCUT2D eigenvalue weighted by Crippen LogP contribution is -2.53. The van der Waals surface area contributed by atoms with Gasteiger partial charge in [-0.05, 0) is 46.2 Å². The van der Waals surface area contributed by atoms with Gasteiger partial charge in [0.1, 0.15) is 0 Å². The molecule has 0 bridgehead atoms. The molecule has 0 N–H and O–H groups in total. The van der Waals surface area contributed by atoms with E-state index in [4.69, 9.17) is 5.26 Å². The first-order valence-corrected chi connectivity index (χ1v) is 6.27. The molecule has 1 heterocycles. The Morgan fingerprint density at radius 3 is 2.73 bits per heavy atom. The number of piperidine rings is 1. The second-order valence-corrected chi connectivity index (χ2v) is 5.17. The Morgan fingerprint density at radius 2 is 2.13 bits per heavy atom. The van der Waals surface area contributed by atoms with Crippen molar-refractivity contribution in [3.8, 4) is 6.07 Å². The highest BCUT2D eigenvalue weighted by Crippen LogP contribution is 2.32. The first-order valence-electron chi connectivity index (χ1n) is 6.27. The third kappa shape index (κ3) is 2.95. The van der Waals surface area contributed by atoms with Crippen LogP contribution in [0.4, 0.5) is 0 Å². The predicted molar refractivity (Wildman–Crippen MR) is 63.5 cm³/mol. The fraction of sp³-hybridized carbons (Fsp3) is 0.923. The van der Waals surface area contributed by atoms with Crippen molar-refractivity contribution in [1.82, 2.24) is 4.90 Å². The summed E-state index contributed by atoms with van der Waals surface area (Å²) >= 11 is 0. The van der Waals surface area contributed by atoms with Gasteiger partial charge in [0.2, 0.25) is 0 Å². The van der Waals surface area contributed by atoms with Gasteiger partial charge in [0.25, 0.3) is 0 Å². The largest absolute Gasteiger partial charge is 0.297 e. The van der Waals surface area contributed by atoms with Crippen LogP contribution in [-0.4, -0.2) is 23.5 Å². The average molecular weight is 208 g/mol. The second kappa shape index (κ2) is 5.51. The van der Waals surface area contributed by atoms with Crippen molar-refractivity contribution in [2.75, 3.05) is 13.1 Å². The van der Waals surface area contributed by atoms with Crippen LogP contribution < -0.4 is 0 Å². The van der Waals surface area contributed by atoms with E-state index in [-0.39, 0.29) is 11.5 Å². The zero-order chi connectivity index (χ0) is 11.3. The van der Waals surface area contributed by atoms with Crippen molar-refractivity contribution >= 4 is 0 Å². The second-order valence-electron chi connectivity index (χ2n) is 5.17. The van der Waals surface area contributed by atoms with Crippen LogP contribution in [-0.2, 0) is 0 Å². The third-order valence-corrected chi connectivity index (χ3v) is 3.78. The van der Waals surface area contributed by atoms with E-state index in [1.165, 1.54) is 38.8 Å². The smallest absolute Gasteiger partial charge is 0.0675 e. The molecule has 1 unspecified atom stereocenters. The van der Waals surface area contributed by atoms with Crippen LogP contribution in [0.25, 0.3) is 0 Å². The molecule has 0 aromatic rings. The van der Waals surface area contributed by atoms with E-state index in [0.29, 0.717) is 0 Å². The Kier molecular flexibility index (Phi) is 4.60. The minimum absolute atomic E-state index is 0.0841. The fourth-order valence-electron chi connectivity index (χ4n) is 2.52. The summed E-state index contributed by atoms with van der Waals surface area (Å²) in [5.74, 6) is 0.216. The molecule has 0 radical (unpaired) electrons. The molecule has 0 amide bonds. The van der Waals surface area contributed by atoms with Crippen molar-refractivity contribution in [2.24, 2.45) is 5.92 Å². The Balaban J connectivity index is 2.52. The molecule has 1 fully saturated rings. The summed E-state index contributed by atoms with van der Waals surface area (Å²) in [6.07, 6.45) is 6.12. The molecule has 0 spiro atoms. The SMILES string of the molecule is CCCCCN1CCCC(C#N)C1(C)C. The summed E-state index contributed by atoms with van der Waals surface area (Å²) in [6, 6.07) is 2.47. The fourth-order valence-corrected chi connectivity index (χ4v) is 2.52. The Hall–Kier alpha value is -0.550. The van der Waals surface area contributed by atoms with Crippen LogP contribution in [0.3, 0.4) is 0 Å². The molecule has 2 heteroatoms. The van der Waals surface area contributed by atoms with Gasteiger partial charge in [0.15, 0.2) is 0 Å². The van der Waals surface area contributed by atoms with Gasteiger partial charge in [0, 0.05) is 5.54 Å². The van der Waals surface area contributed by atoms with E-state index >= 15 is 0 Å². The highest BCUT2D eigenvalue weighted by molar-refractivity contribution is 5.02. The molecule has 15 heavy (non-hydrogen) atoms. The number of nitriles is 1. The maximum atomic E-state index is 9.14. The van der Waals surface area contributed by atoms with Crippen molar-refractivity contribution < 1.29 is 0 Å². The van der Waals surface area contributed by atoms with E-state index in [9.17, 15) is 0 Å². The van der Waals surface area contributed by atoms with Crippen LogP contribution >= 0.6 is 0 Å². The molecular formula is C13H24N2. The molecular weight excluding hydrogens is 184 g/mol. The lowest BCUT2D eigenvalue weighted by molar-refractivity contribution is 0.0439. The highest BCUT2D eigenvalue weighted by atomic mass is 15.2. The number of unbranched alkanes of at least 4 members (excludes halogenated alkanes) is 2. The van der Waals surface area contributed by atoms with Crippen LogP contribution in [0, 0.1) is 17.2 Å². The third-order valence-electron chi connectivity index (χ3n) is 3.78. The maximum Gasteiger partial charge on any atom is 0.0675 e. The molecule has 0 aromatic heterocycles. The Labute approximate surface area is 94.3 Å². The van der Waals surface area contributed by atoms with E-state index < -0.39 is 0 Å². The van der Waals surface area contributed by atoms with Gasteiger partial charge in [-0.15, -0.1) is 0 Å². The number of rotatable bonds is 4. The Morgan fingerprint density at radius 1 is 1.40 bits per heavy atom. The van der Waals surface area contributed by atoms with Gasteiger partial charge in [-0.3, -0.25) is 4.90 Å². The van der Waals surface area contributed by atoms with Gasteiger partial charge in [-0.25, -0.2) is 0 Å². The summed E-state index contributed by atoms with van der Waals surface area (Å²) in [5, 5.41) is 9.14. The quantitative estimate of drug-likeness (QED) is 0.663. The zero-order valence-electron chi connectivity index (χ0n) is 10.4. The summed E-state index contributed by atoms with van der Waals surface area (Å²) < 4.78 is 0. The number of hydrogen-bond donors (Lipinski definition) is 0. The van der Waals surface area contributed by atoms with Gasteiger partial charge in [-0.2, -0.15) is 5.26 Å². The summed E-state index contributed by atoms with van der Waals surface area (Å²) in [5.41, 5.74) is 0.0841. The van der Waals surface area contributed by atoms with E-state index in [1.54, 1.807) is 0 Å². The van der Waals surface area contributed by atoms with E-state index in [1.807, 2.05) is 0 Å². The minimum atomic E-state index is 0.0841. The first kappa shape index (κ1) is 12.5. The Bertz CT molecular complexity index is 227. The van der Waals surface area contributed by atoms with E-state index in [0.717, 1.165) is 6.42 Å². The summed E-state index contributed by atoms with van der Waals surface area (Å²) in [6.45, 7) is 9.03. The molecule has 0 aliphatic carbocycles. The normalized spacial score (nSPS) is 26.1. The highest BCUT2D eigenvalue weighted by Gasteiger charge is 2.37. The lowest BCUT2D eigenvalue weighted by atomic mass is 9.80. The van der Waals surface area contributed by atoms with Gasteiger partial charge in [0.05, 0.1) is 12.0 Å². The number of likely N-dealkylation sites (tertiary alicyclic amines) is 1. The molecule has 1 rings (SSSR count). The van der Waals surface area contributed by atoms with Crippen LogP contribution in [0.2, 0.25) is 0 Å². The molecule has 1 atom stereocenters. The van der Waals surface area contributed by atoms with Crippen LogP contribution in [0.15, 0.2) is 0 Å². The first-order chi connectivity index (χ1) is 7.12. The van der Waals surface area contributed by atoms with Crippen molar-refractivity contribution in [3.63, 3.8) is 0 Å².